The molecule has 2 nitrogen and oxygen atoms in total. The molecule has 2 heteroatoms. The van der Waals surface area contributed by atoms with Crippen LogP contribution in [0.3, 0.4) is 0 Å². The highest BCUT2D eigenvalue weighted by molar-refractivity contribution is 5.93. The average molecular weight is 284 g/mol. The minimum absolute atomic E-state index is 0.108. The van der Waals surface area contributed by atoms with Crippen molar-refractivity contribution >= 4 is 12.0 Å². The molecular formula is C19H24O2. The predicted molar refractivity (Wildman–Crippen MR) is 84.8 cm³/mol. The second-order valence-corrected chi connectivity index (χ2v) is 7.48. The van der Waals surface area contributed by atoms with Crippen molar-refractivity contribution < 1.29 is 9.90 Å². The average Bonchev–Trinajstić information content (AvgIpc) is 2.78. The topological polar surface area (TPSA) is 37.3 Å². The van der Waals surface area contributed by atoms with Crippen LogP contribution in [0.5, 0.6) is 0 Å². The van der Waals surface area contributed by atoms with Crippen LogP contribution in [0.2, 0.25) is 0 Å². The lowest BCUT2D eigenvalue weighted by atomic mass is 9.64. The summed E-state index contributed by atoms with van der Waals surface area (Å²) >= 11 is 0. The largest absolute Gasteiger partial charge is 0.478 e. The van der Waals surface area contributed by atoms with Gasteiger partial charge in [0.2, 0.25) is 0 Å². The molecule has 3 rings (SSSR count). The second kappa shape index (κ2) is 4.72. The van der Waals surface area contributed by atoms with Crippen LogP contribution in [0.1, 0.15) is 45.6 Å². The summed E-state index contributed by atoms with van der Waals surface area (Å²) in [7, 11) is 0. The van der Waals surface area contributed by atoms with E-state index in [-0.39, 0.29) is 16.7 Å². The van der Waals surface area contributed by atoms with Crippen molar-refractivity contribution in [3.05, 3.63) is 41.5 Å². The SMILES string of the molecule is CC1(C)C2CCC1(C)C(C(=Cc1ccccc1)C(=O)O)C2. The van der Waals surface area contributed by atoms with E-state index in [0.29, 0.717) is 11.5 Å². The van der Waals surface area contributed by atoms with Gasteiger partial charge in [-0.3, -0.25) is 0 Å². The number of carboxylic acid groups (broad SMARTS) is 1. The van der Waals surface area contributed by atoms with Gasteiger partial charge in [-0.05, 0) is 53.6 Å². The maximum atomic E-state index is 11.9. The van der Waals surface area contributed by atoms with E-state index in [0.717, 1.165) is 18.4 Å². The van der Waals surface area contributed by atoms with Gasteiger partial charge in [-0.1, -0.05) is 51.1 Å². The van der Waals surface area contributed by atoms with Crippen LogP contribution < -0.4 is 0 Å². The Hall–Kier alpha value is -1.57. The summed E-state index contributed by atoms with van der Waals surface area (Å²) in [6.07, 6.45) is 5.30. The van der Waals surface area contributed by atoms with Gasteiger partial charge in [-0.25, -0.2) is 4.79 Å². The molecule has 0 amide bonds. The number of aliphatic carboxylic acids is 1. The van der Waals surface area contributed by atoms with Gasteiger partial charge in [-0.15, -0.1) is 0 Å². The Balaban J connectivity index is 2.01. The van der Waals surface area contributed by atoms with Crippen LogP contribution in [-0.2, 0) is 4.79 Å². The number of carbonyl (C=O) groups is 1. The van der Waals surface area contributed by atoms with E-state index >= 15 is 0 Å². The quantitative estimate of drug-likeness (QED) is 0.822. The molecule has 2 aliphatic carbocycles. The molecule has 2 saturated carbocycles. The van der Waals surface area contributed by atoms with Crippen molar-refractivity contribution in [2.45, 2.75) is 40.0 Å². The van der Waals surface area contributed by atoms with Crippen LogP contribution in [-0.4, -0.2) is 11.1 Å². The Bertz CT molecular complexity index is 585. The summed E-state index contributed by atoms with van der Waals surface area (Å²) in [6, 6.07) is 9.82. The van der Waals surface area contributed by atoms with E-state index in [2.05, 4.69) is 20.8 Å². The molecular weight excluding hydrogens is 260 g/mol. The highest BCUT2D eigenvalue weighted by Crippen LogP contribution is 2.69. The van der Waals surface area contributed by atoms with Crippen molar-refractivity contribution in [1.29, 1.82) is 0 Å². The summed E-state index contributed by atoms with van der Waals surface area (Å²) in [5, 5.41) is 9.74. The summed E-state index contributed by atoms with van der Waals surface area (Å²) < 4.78 is 0. The zero-order valence-electron chi connectivity index (χ0n) is 13.1. The molecule has 1 aromatic carbocycles. The smallest absolute Gasteiger partial charge is 0.331 e. The standard InChI is InChI=1S/C19H24O2/c1-18(2)14-9-10-19(18,3)16(12-14)15(17(20)21)11-13-7-5-4-6-8-13/h4-8,11,14,16H,9-10,12H2,1-3H3,(H,20,21). The zero-order chi connectivity index (χ0) is 15.3. The van der Waals surface area contributed by atoms with Crippen molar-refractivity contribution in [1.82, 2.24) is 0 Å². The monoisotopic (exact) mass is 284 g/mol. The Morgan fingerprint density at radius 3 is 2.38 bits per heavy atom. The minimum atomic E-state index is -0.756. The first-order valence-electron chi connectivity index (χ1n) is 7.86. The van der Waals surface area contributed by atoms with Crippen LogP contribution in [0, 0.1) is 22.7 Å². The fourth-order valence-electron chi connectivity index (χ4n) is 4.71. The Morgan fingerprint density at radius 2 is 1.90 bits per heavy atom. The third kappa shape index (κ3) is 2.04. The number of fused-ring (bicyclic) bond motifs is 2. The highest BCUT2D eigenvalue weighted by atomic mass is 16.4. The number of benzene rings is 1. The van der Waals surface area contributed by atoms with Gasteiger partial charge in [0.25, 0.3) is 0 Å². The Morgan fingerprint density at radius 1 is 1.24 bits per heavy atom. The molecule has 0 saturated heterocycles. The van der Waals surface area contributed by atoms with Crippen LogP contribution in [0.25, 0.3) is 6.08 Å². The van der Waals surface area contributed by atoms with E-state index in [1.54, 1.807) is 0 Å². The number of carboxylic acids is 1. The minimum Gasteiger partial charge on any atom is -0.478 e. The lowest BCUT2D eigenvalue weighted by Crippen LogP contribution is -2.34. The molecule has 1 aromatic rings. The van der Waals surface area contributed by atoms with Gasteiger partial charge < -0.3 is 5.11 Å². The summed E-state index contributed by atoms with van der Waals surface area (Å²) in [6.45, 7) is 6.95. The van der Waals surface area contributed by atoms with Crippen LogP contribution in [0.4, 0.5) is 0 Å². The van der Waals surface area contributed by atoms with Crippen LogP contribution >= 0.6 is 0 Å². The van der Waals surface area contributed by atoms with Crippen molar-refractivity contribution in [3.8, 4) is 0 Å². The highest BCUT2D eigenvalue weighted by Gasteiger charge is 2.62. The van der Waals surface area contributed by atoms with Gasteiger partial charge in [0.05, 0.1) is 0 Å². The van der Waals surface area contributed by atoms with Gasteiger partial charge in [0.1, 0.15) is 0 Å². The lowest BCUT2D eigenvalue weighted by molar-refractivity contribution is -0.133. The molecule has 21 heavy (non-hydrogen) atoms. The van der Waals surface area contributed by atoms with Crippen molar-refractivity contribution in [2.75, 3.05) is 0 Å². The molecule has 0 aliphatic heterocycles. The molecule has 0 radical (unpaired) electrons. The fourth-order valence-corrected chi connectivity index (χ4v) is 4.71. The molecule has 2 fully saturated rings. The maximum Gasteiger partial charge on any atom is 0.331 e. The number of hydrogen-bond acceptors (Lipinski definition) is 1. The predicted octanol–water partition coefficient (Wildman–Crippen LogP) is 4.62. The van der Waals surface area contributed by atoms with Crippen molar-refractivity contribution in [2.24, 2.45) is 22.7 Å². The summed E-state index contributed by atoms with van der Waals surface area (Å²) in [5.74, 6) is 0.0726. The third-order valence-corrected chi connectivity index (χ3v) is 6.54. The lowest BCUT2D eigenvalue weighted by Gasteiger charge is -2.39. The van der Waals surface area contributed by atoms with Gasteiger partial charge in [0, 0.05) is 5.57 Å². The van der Waals surface area contributed by atoms with E-state index in [1.165, 1.54) is 6.42 Å². The molecule has 0 aromatic heterocycles. The molecule has 0 heterocycles. The normalized spacial score (nSPS) is 34.1. The van der Waals surface area contributed by atoms with E-state index in [4.69, 9.17) is 0 Å². The first-order valence-corrected chi connectivity index (χ1v) is 7.86. The first-order chi connectivity index (χ1) is 9.86. The zero-order valence-corrected chi connectivity index (χ0v) is 13.1. The molecule has 0 spiro atoms. The van der Waals surface area contributed by atoms with E-state index in [1.807, 2.05) is 36.4 Å². The van der Waals surface area contributed by atoms with Crippen LogP contribution in [0.15, 0.2) is 35.9 Å². The molecule has 112 valence electrons. The Labute approximate surface area is 126 Å². The number of hydrogen-bond donors (Lipinski definition) is 1. The third-order valence-electron chi connectivity index (χ3n) is 6.54. The van der Waals surface area contributed by atoms with Crippen molar-refractivity contribution in [3.63, 3.8) is 0 Å². The Kier molecular flexibility index (Phi) is 3.23. The fraction of sp³-hybridized carbons (Fsp3) is 0.526. The molecule has 2 aliphatic rings. The first kappa shape index (κ1) is 14.4. The number of rotatable bonds is 3. The van der Waals surface area contributed by atoms with E-state index in [9.17, 15) is 9.90 Å². The summed E-state index contributed by atoms with van der Waals surface area (Å²) in [5.41, 5.74) is 1.93. The van der Waals surface area contributed by atoms with Gasteiger partial charge >= 0.3 is 5.97 Å². The molecule has 2 bridgehead atoms. The maximum absolute atomic E-state index is 11.9. The molecule has 1 N–H and O–H groups in total. The van der Waals surface area contributed by atoms with Gasteiger partial charge in [-0.2, -0.15) is 0 Å². The van der Waals surface area contributed by atoms with E-state index < -0.39 is 5.97 Å². The molecule has 3 unspecified atom stereocenters. The second-order valence-electron chi connectivity index (χ2n) is 7.48. The van der Waals surface area contributed by atoms with Gasteiger partial charge in [0.15, 0.2) is 0 Å². The summed E-state index contributed by atoms with van der Waals surface area (Å²) in [4.78, 5) is 11.9. The molecule has 3 atom stereocenters.